The number of anilines is 12. The Morgan fingerprint density at radius 3 is 1.18 bits per heavy atom. The summed E-state index contributed by atoms with van der Waals surface area (Å²) < 4.78 is 0. The molecule has 4 aliphatic rings. The first-order valence-corrected chi connectivity index (χ1v) is 33.7. The minimum absolute atomic E-state index is 0.111. The fourth-order valence-electron chi connectivity index (χ4n) is 16.0. The zero-order chi connectivity index (χ0) is 65.2. The standard InChI is InChI=1S/C88H87BN4/c1-54-26-36-61(37-27-54)90(62-38-28-55(2)29-39-62)65-52-68-66-22-18-20-24-69(66)87(14,15)81(68)77(53-65)93-74-45-35-59(85(8,9)10)49-72(74)89-71-48-58(84(5,6)7)34-44-73(71)92(78-50-60(86(11,12)13)51-79(93)83(78)89)76-47-46-75(80-67-23-19-21-25-70(67)88(16,17)82(76)80)91(63-40-30-56(3)31-41-63)64-42-32-57(4)33-43-64/h18-53H,1-17H3. The third kappa shape index (κ3) is 9.53. The maximum absolute atomic E-state index is 2.75. The number of rotatable bonds is 8. The summed E-state index contributed by atoms with van der Waals surface area (Å²) in [6.07, 6.45) is 0. The van der Waals surface area contributed by atoms with Crippen LogP contribution in [0.25, 0.3) is 22.3 Å². The first-order valence-electron chi connectivity index (χ1n) is 33.7. The van der Waals surface area contributed by atoms with E-state index < -0.39 is 5.41 Å². The molecule has 2 aliphatic heterocycles. The molecular formula is C88H87BN4. The van der Waals surface area contributed by atoms with Crippen LogP contribution in [0, 0.1) is 27.7 Å². The summed E-state index contributed by atoms with van der Waals surface area (Å²) in [5.41, 5.74) is 36.1. The van der Waals surface area contributed by atoms with Gasteiger partial charge in [-0.2, -0.15) is 0 Å². The molecule has 0 saturated heterocycles. The Bertz CT molecular complexity index is 4740. The van der Waals surface area contributed by atoms with Crippen molar-refractivity contribution < 1.29 is 0 Å². The Hall–Kier alpha value is -9.32. The molecule has 4 nitrogen and oxygen atoms in total. The Kier molecular flexibility index (Phi) is 13.6. The van der Waals surface area contributed by atoms with Crippen LogP contribution in [-0.2, 0) is 27.1 Å². The Labute approximate surface area is 554 Å². The van der Waals surface area contributed by atoms with E-state index in [1.807, 2.05) is 0 Å². The van der Waals surface area contributed by atoms with Crippen LogP contribution >= 0.6 is 0 Å². The van der Waals surface area contributed by atoms with Gasteiger partial charge in [-0.05, 0) is 213 Å². The summed E-state index contributed by atoms with van der Waals surface area (Å²) in [4.78, 5) is 10.5. The van der Waals surface area contributed by atoms with E-state index in [1.54, 1.807) is 0 Å². The summed E-state index contributed by atoms with van der Waals surface area (Å²) >= 11 is 0. The Morgan fingerprint density at radius 1 is 0.323 bits per heavy atom. The van der Waals surface area contributed by atoms with E-state index in [-0.39, 0.29) is 28.4 Å². The molecule has 5 heteroatoms. The lowest BCUT2D eigenvalue weighted by atomic mass is 9.33. The van der Waals surface area contributed by atoms with E-state index in [9.17, 15) is 0 Å². The van der Waals surface area contributed by atoms with Gasteiger partial charge in [0.25, 0.3) is 6.71 Å². The monoisotopic (exact) mass is 1210 g/mol. The van der Waals surface area contributed by atoms with Gasteiger partial charge in [-0.15, -0.1) is 0 Å². The predicted molar refractivity (Wildman–Crippen MR) is 400 cm³/mol. The van der Waals surface area contributed by atoms with Gasteiger partial charge in [-0.3, -0.25) is 0 Å². The lowest BCUT2D eigenvalue weighted by molar-refractivity contribution is 0.589. The lowest BCUT2D eigenvalue weighted by Crippen LogP contribution is -2.62. The normalized spacial score (nSPS) is 14.6. The summed E-state index contributed by atoms with van der Waals surface area (Å²) in [5, 5.41) is 0. The maximum atomic E-state index is 2.75. The van der Waals surface area contributed by atoms with Gasteiger partial charge in [0.05, 0.1) is 17.1 Å². The van der Waals surface area contributed by atoms with Crippen molar-refractivity contribution in [1.82, 2.24) is 0 Å². The van der Waals surface area contributed by atoms with Crippen LogP contribution in [0.15, 0.2) is 218 Å². The molecule has 0 saturated carbocycles. The third-order valence-electron chi connectivity index (χ3n) is 21.1. The molecule has 0 fully saturated rings. The van der Waals surface area contributed by atoms with Gasteiger partial charge < -0.3 is 19.6 Å². The van der Waals surface area contributed by atoms with Crippen molar-refractivity contribution in [3.05, 3.63) is 280 Å². The molecule has 462 valence electrons. The second-order valence-electron chi connectivity index (χ2n) is 31.4. The molecule has 0 atom stereocenters. The first-order chi connectivity index (χ1) is 44.2. The van der Waals surface area contributed by atoms with Crippen molar-refractivity contribution in [2.45, 2.75) is 145 Å². The first kappa shape index (κ1) is 60.0. The molecule has 0 unspecified atom stereocenters. The van der Waals surface area contributed by atoms with E-state index in [4.69, 9.17) is 0 Å². The smallest absolute Gasteiger partial charge is 0.252 e. The zero-order valence-electron chi connectivity index (χ0n) is 57.7. The minimum atomic E-state index is -0.407. The molecular weight excluding hydrogens is 1120 g/mol. The van der Waals surface area contributed by atoms with E-state index in [2.05, 4.69) is 356 Å². The number of hydrogen-bond acceptors (Lipinski definition) is 4. The number of nitrogens with zero attached hydrogens (tertiary/aromatic N) is 4. The van der Waals surface area contributed by atoms with Gasteiger partial charge in [0.2, 0.25) is 0 Å². The molecule has 2 heterocycles. The third-order valence-corrected chi connectivity index (χ3v) is 21.1. The van der Waals surface area contributed by atoms with Gasteiger partial charge in [0.1, 0.15) is 0 Å². The van der Waals surface area contributed by atoms with Gasteiger partial charge >= 0.3 is 0 Å². The largest absolute Gasteiger partial charge is 0.311 e. The Balaban J connectivity index is 1.08. The van der Waals surface area contributed by atoms with Crippen molar-refractivity contribution in [2.75, 3.05) is 19.6 Å². The van der Waals surface area contributed by atoms with Crippen molar-refractivity contribution in [2.24, 2.45) is 0 Å². The fourth-order valence-corrected chi connectivity index (χ4v) is 16.0. The second kappa shape index (κ2) is 21.1. The number of benzene rings is 11. The second-order valence-corrected chi connectivity index (χ2v) is 31.4. The van der Waals surface area contributed by atoms with Crippen LogP contribution in [-0.4, -0.2) is 6.71 Å². The van der Waals surface area contributed by atoms with Gasteiger partial charge in [-0.1, -0.05) is 234 Å². The summed E-state index contributed by atoms with van der Waals surface area (Å²) in [6.45, 7) is 40.0. The summed E-state index contributed by atoms with van der Waals surface area (Å²) in [6, 6.07) is 85.0. The molecule has 0 radical (unpaired) electrons. The van der Waals surface area contributed by atoms with Gasteiger partial charge in [0, 0.05) is 67.6 Å². The number of hydrogen-bond donors (Lipinski definition) is 0. The molecule has 0 aromatic heterocycles. The van der Waals surface area contributed by atoms with Crippen molar-refractivity contribution in [3.8, 4) is 22.3 Å². The summed E-state index contributed by atoms with van der Waals surface area (Å²) in [7, 11) is 0. The van der Waals surface area contributed by atoms with Crippen molar-refractivity contribution >= 4 is 91.3 Å². The van der Waals surface area contributed by atoms with Crippen LogP contribution in [0.3, 0.4) is 0 Å². The van der Waals surface area contributed by atoms with Crippen LogP contribution in [0.5, 0.6) is 0 Å². The average molecular weight is 1210 g/mol. The molecule has 0 N–H and O–H groups in total. The van der Waals surface area contributed by atoms with E-state index in [1.165, 1.54) is 140 Å². The highest BCUT2D eigenvalue weighted by molar-refractivity contribution is 7.00. The molecule has 15 rings (SSSR count). The number of fused-ring (bicyclic) bond motifs is 10. The molecule has 11 aromatic rings. The van der Waals surface area contributed by atoms with Crippen LogP contribution in [0.4, 0.5) is 68.2 Å². The van der Waals surface area contributed by atoms with Crippen LogP contribution in [0.1, 0.15) is 151 Å². The molecule has 0 bridgehead atoms. The van der Waals surface area contributed by atoms with Crippen LogP contribution in [0.2, 0.25) is 0 Å². The highest BCUT2D eigenvalue weighted by Crippen LogP contribution is 2.61. The SMILES string of the molecule is Cc1ccc(N(c2ccc(C)cc2)c2cc3c(c(N4c5ccc(C(C)(C)C)cc5B5c6cc(C(C)(C)C)ccc6N(c6ccc(N(c7ccc(C)cc7)c7ccc(C)cc7)c7c6C(C)(C)c6ccccc6-7)c6cc(C(C)(C)C)cc4c65)c2)C(C)(C)c2ccccc2-3)cc1. The molecule has 2 aliphatic carbocycles. The van der Waals surface area contributed by atoms with Crippen molar-refractivity contribution in [3.63, 3.8) is 0 Å². The zero-order valence-corrected chi connectivity index (χ0v) is 57.7. The van der Waals surface area contributed by atoms with E-state index in [0.29, 0.717) is 0 Å². The molecule has 0 amide bonds. The number of aryl methyl sites for hydroxylation is 4. The minimum Gasteiger partial charge on any atom is -0.311 e. The van der Waals surface area contributed by atoms with Gasteiger partial charge in [-0.25, -0.2) is 0 Å². The molecule has 0 spiro atoms. The molecule has 11 aromatic carbocycles. The van der Waals surface area contributed by atoms with E-state index in [0.717, 1.165) is 28.4 Å². The van der Waals surface area contributed by atoms with Crippen molar-refractivity contribution in [1.29, 1.82) is 0 Å². The fraction of sp³-hybridized carbons (Fsp3) is 0.250. The van der Waals surface area contributed by atoms with Crippen LogP contribution < -0.4 is 36.0 Å². The maximum Gasteiger partial charge on any atom is 0.252 e. The predicted octanol–water partition coefficient (Wildman–Crippen LogP) is 22.4. The lowest BCUT2D eigenvalue weighted by Gasteiger charge is -2.47. The highest BCUT2D eigenvalue weighted by Gasteiger charge is 2.50. The summed E-state index contributed by atoms with van der Waals surface area (Å²) in [5.74, 6) is 0. The Morgan fingerprint density at radius 2 is 0.720 bits per heavy atom. The topological polar surface area (TPSA) is 13.0 Å². The highest BCUT2D eigenvalue weighted by atomic mass is 15.2. The van der Waals surface area contributed by atoms with Gasteiger partial charge in [0.15, 0.2) is 0 Å². The average Bonchev–Trinajstić information content (AvgIpc) is 1.63. The molecule has 93 heavy (non-hydrogen) atoms. The quantitative estimate of drug-likeness (QED) is 0.141. The van der Waals surface area contributed by atoms with E-state index >= 15 is 0 Å².